The van der Waals surface area contributed by atoms with E-state index in [9.17, 15) is 4.39 Å². The van der Waals surface area contributed by atoms with E-state index in [0.717, 1.165) is 18.8 Å². The molecule has 100 valence electrons. The zero-order chi connectivity index (χ0) is 13.1. The third-order valence-corrected chi connectivity index (χ3v) is 4.14. The molecule has 18 heavy (non-hydrogen) atoms. The van der Waals surface area contributed by atoms with E-state index < -0.39 is 0 Å². The van der Waals surface area contributed by atoms with Crippen LogP contribution in [-0.4, -0.2) is 16.0 Å². The molecule has 1 aromatic heterocycles. The molecule has 2 rings (SSSR count). The molecule has 0 amide bonds. The van der Waals surface area contributed by atoms with Gasteiger partial charge in [-0.05, 0) is 37.5 Å². The van der Waals surface area contributed by atoms with Crippen molar-refractivity contribution < 1.29 is 4.39 Å². The van der Waals surface area contributed by atoms with Crippen LogP contribution in [0.3, 0.4) is 0 Å². The van der Waals surface area contributed by atoms with E-state index >= 15 is 0 Å². The molecule has 4 heteroatoms. The number of aromatic nitrogens is 2. The Morgan fingerprint density at radius 2 is 2.06 bits per heavy atom. The molecule has 1 aliphatic rings. The maximum Gasteiger partial charge on any atom is 0.186 e. The molecule has 1 aliphatic carbocycles. The molecule has 1 fully saturated rings. The SMILES string of the molecule is CCc1ncnc(NC2CCC(C)C(C)C2)c1F. The number of halogens is 1. The second-order valence-corrected chi connectivity index (χ2v) is 5.45. The predicted octanol–water partition coefficient (Wildman–Crippen LogP) is 3.41. The van der Waals surface area contributed by atoms with Crippen molar-refractivity contribution in [3.63, 3.8) is 0 Å². The van der Waals surface area contributed by atoms with Gasteiger partial charge in [-0.1, -0.05) is 20.8 Å². The fourth-order valence-corrected chi connectivity index (χ4v) is 2.63. The normalized spacial score (nSPS) is 28.1. The van der Waals surface area contributed by atoms with Gasteiger partial charge >= 0.3 is 0 Å². The van der Waals surface area contributed by atoms with Crippen LogP contribution in [-0.2, 0) is 6.42 Å². The Balaban J connectivity index is 2.06. The summed E-state index contributed by atoms with van der Waals surface area (Å²) in [7, 11) is 0. The zero-order valence-electron chi connectivity index (χ0n) is 11.4. The second-order valence-electron chi connectivity index (χ2n) is 5.45. The van der Waals surface area contributed by atoms with Crippen LogP contribution in [0.2, 0.25) is 0 Å². The summed E-state index contributed by atoms with van der Waals surface area (Å²) in [5.74, 6) is 1.54. The molecule has 3 atom stereocenters. The third-order valence-electron chi connectivity index (χ3n) is 4.14. The first-order chi connectivity index (χ1) is 8.61. The van der Waals surface area contributed by atoms with E-state index in [1.807, 2.05) is 6.92 Å². The minimum Gasteiger partial charge on any atom is -0.365 e. The first kappa shape index (κ1) is 13.2. The molecule has 0 spiro atoms. The number of anilines is 1. The van der Waals surface area contributed by atoms with Crippen LogP contribution in [0.4, 0.5) is 10.2 Å². The molecular weight excluding hydrogens is 229 g/mol. The molecule has 0 radical (unpaired) electrons. The third kappa shape index (κ3) is 2.79. The van der Waals surface area contributed by atoms with E-state index in [-0.39, 0.29) is 5.82 Å². The number of hydrogen-bond acceptors (Lipinski definition) is 3. The summed E-state index contributed by atoms with van der Waals surface area (Å²) in [6, 6.07) is 0.338. The Morgan fingerprint density at radius 3 is 2.72 bits per heavy atom. The van der Waals surface area contributed by atoms with Crippen LogP contribution in [0, 0.1) is 17.7 Å². The Hall–Kier alpha value is -1.19. The largest absolute Gasteiger partial charge is 0.365 e. The van der Waals surface area contributed by atoms with Crippen molar-refractivity contribution in [1.82, 2.24) is 9.97 Å². The van der Waals surface area contributed by atoms with Gasteiger partial charge in [0.05, 0.1) is 5.69 Å². The summed E-state index contributed by atoms with van der Waals surface area (Å²) in [5.41, 5.74) is 0.490. The van der Waals surface area contributed by atoms with E-state index in [0.29, 0.717) is 29.9 Å². The van der Waals surface area contributed by atoms with Gasteiger partial charge in [0.2, 0.25) is 0 Å². The van der Waals surface area contributed by atoms with Crippen LogP contribution in [0.5, 0.6) is 0 Å². The van der Waals surface area contributed by atoms with Crippen molar-refractivity contribution in [3.05, 3.63) is 17.8 Å². The molecule has 0 aromatic carbocycles. The van der Waals surface area contributed by atoms with Gasteiger partial charge in [-0.3, -0.25) is 0 Å². The number of aryl methyl sites for hydroxylation is 1. The van der Waals surface area contributed by atoms with Gasteiger partial charge in [0.1, 0.15) is 6.33 Å². The lowest BCUT2D eigenvalue weighted by molar-refractivity contribution is 0.260. The summed E-state index contributed by atoms with van der Waals surface area (Å²) >= 11 is 0. The smallest absolute Gasteiger partial charge is 0.186 e. The summed E-state index contributed by atoms with van der Waals surface area (Å²) in [6.07, 6.45) is 5.43. The minimum atomic E-state index is -0.286. The Labute approximate surface area is 108 Å². The monoisotopic (exact) mass is 251 g/mol. The van der Waals surface area contributed by atoms with E-state index in [1.54, 1.807) is 0 Å². The second kappa shape index (κ2) is 5.63. The number of hydrogen-bond donors (Lipinski definition) is 1. The fourth-order valence-electron chi connectivity index (χ4n) is 2.63. The summed E-state index contributed by atoms with van der Waals surface area (Å²) in [4.78, 5) is 7.98. The van der Waals surface area contributed by atoms with E-state index in [2.05, 4.69) is 29.1 Å². The van der Waals surface area contributed by atoms with Crippen LogP contribution in [0.25, 0.3) is 0 Å². The van der Waals surface area contributed by atoms with E-state index in [4.69, 9.17) is 0 Å². The van der Waals surface area contributed by atoms with Crippen molar-refractivity contribution in [1.29, 1.82) is 0 Å². The van der Waals surface area contributed by atoms with Gasteiger partial charge in [0.25, 0.3) is 0 Å². The molecule has 1 heterocycles. The highest BCUT2D eigenvalue weighted by Crippen LogP contribution is 2.31. The predicted molar refractivity (Wildman–Crippen MR) is 71.0 cm³/mol. The number of rotatable bonds is 3. The molecular formula is C14H22FN3. The van der Waals surface area contributed by atoms with Crippen molar-refractivity contribution in [3.8, 4) is 0 Å². The summed E-state index contributed by atoms with van der Waals surface area (Å²) in [5, 5.41) is 3.25. The van der Waals surface area contributed by atoms with Crippen LogP contribution in [0.15, 0.2) is 6.33 Å². The van der Waals surface area contributed by atoms with Gasteiger partial charge < -0.3 is 5.32 Å². The maximum absolute atomic E-state index is 14.0. The number of nitrogens with one attached hydrogen (secondary N) is 1. The molecule has 3 unspecified atom stereocenters. The van der Waals surface area contributed by atoms with Gasteiger partial charge in [-0.2, -0.15) is 0 Å². The van der Waals surface area contributed by atoms with Gasteiger partial charge in [-0.15, -0.1) is 0 Å². The highest BCUT2D eigenvalue weighted by atomic mass is 19.1. The average molecular weight is 251 g/mol. The molecule has 0 bridgehead atoms. The topological polar surface area (TPSA) is 37.8 Å². The lowest BCUT2D eigenvalue weighted by Crippen LogP contribution is -2.31. The molecule has 1 aromatic rings. The molecule has 0 aliphatic heterocycles. The standard InChI is InChI=1S/C14H22FN3/c1-4-12-13(15)14(17-8-16-12)18-11-6-5-9(2)10(3)7-11/h8-11H,4-7H2,1-3H3,(H,16,17,18). The molecule has 3 nitrogen and oxygen atoms in total. The quantitative estimate of drug-likeness (QED) is 0.894. The summed E-state index contributed by atoms with van der Waals surface area (Å²) < 4.78 is 14.0. The highest BCUT2D eigenvalue weighted by molar-refractivity contribution is 5.38. The van der Waals surface area contributed by atoms with Gasteiger partial charge in [-0.25, -0.2) is 14.4 Å². The van der Waals surface area contributed by atoms with Crippen LogP contribution < -0.4 is 5.32 Å². The molecule has 1 saturated carbocycles. The first-order valence-electron chi connectivity index (χ1n) is 6.87. The van der Waals surface area contributed by atoms with Crippen LogP contribution in [0.1, 0.15) is 45.7 Å². The molecule has 1 N–H and O–H groups in total. The first-order valence-corrected chi connectivity index (χ1v) is 6.87. The lowest BCUT2D eigenvalue weighted by Gasteiger charge is -2.32. The molecule has 0 saturated heterocycles. The Morgan fingerprint density at radius 1 is 1.28 bits per heavy atom. The minimum absolute atomic E-state index is 0.286. The zero-order valence-corrected chi connectivity index (χ0v) is 11.4. The van der Waals surface area contributed by atoms with E-state index in [1.165, 1.54) is 12.7 Å². The Kier molecular flexibility index (Phi) is 4.15. The van der Waals surface area contributed by atoms with Crippen molar-refractivity contribution in [2.75, 3.05) is 5.32 Å². The highest BCUT2D eigenvalue weighted by Gasteiger charge is 2.25. The number of nitrogens with zero attached hydrogens (tertiary/aromatic N) is 2. The van der Waals surface area contributed by atoms with Crippen molar-refractivity contribution in [2.45, 2.75) is 52.5 Å². The van der Waals surface area contributed by atoms with Crippen molar-refractivity contribution in [2.24, 2.45) is 11.8 Å². The summed E-state index contributed by atoms with van der Waals surface area (Å²) in [6.45, 7) is 6.47. The van der Waals surface area contributed by atoms with Crippen molar-refractivity contribution >= 4 is 5.82 Å². The average Bonchev–Trinajstić information content (AvgIpc) is 2.36. The van der Waals surface area contributed by atoms with Gasteiger partial charge in [0, 0.05) is 6.04 Å². The fraction of sp³-hybridized carbons (Fsp3) is 0.714. The lowest BCUT2D eigenvalue weighted by atomic mass is 9.79. The van der Waals surface area contributed by atoms with Gasteiger partial charge in [0.15, 0.2) is 11.6 Å². The maximum atomic E-state index is 14.0. The van der Waals surface area contributed by atoms with Crippen LogP contribution >= 0.6 is 0 Å². The Bertz CT molecular complexity index is 408.